The summed E-state index contributed by atoms with van der Waals surface area (Å²) in [6.07, 6.45) is 0. The van der Waals surface area contributed by atoms with E-state index in [1.165, 1.54) is 5.56 Å². The molecule has 24 heavy (non-hydrogen) atoms. The average Bonchev–Trinajstić information content (AvgIpc) is 2.89. The zero-order valence-electron chi connectivity index (χ0n) is 16.1. The number of hydrogen-bond donors (Lipinski definition) is 1. The molecule has 0 fully saturated rings. The standard InChI is InChI=1S/C19H19ClN2O.Mg.2H/c1-19(2,3)14-6-10-16(11-7-14)22-17(12-18(23)21-22)13-4-8-15(20)9-5-13;;;/h4-12H,1-3H3,(H,21,23);;;/q;+2;2*-1. The largest absolute Gasteiger partial charge is 2.00 e. The van der Waals surface area contributed by atoms with Gasteiger partial charge in [0.2, 0.25) is 0 Å². The molecule has 1 N–H and O–H groups in total. The molecule has 0 saturated heterocycles. The SMILES string of the molecule is CC(C)(C)c1ccc(-n2[nH]c(=O)cc2-c2ccc(Cl)cc2)cc1.[H-].[H-].[Mg+2]. The number of rotatable bonds is 2. The first-order chi connectivity index (χ1) is 10.8. The van der Waals surface area contributed by atoms with Crippen LogP contribution in [0.1, 0.15) is 29.2 Å². The summed E-state index contributed by atoms with van der Waals surface area (Å²) in [6.45, 7) is 6.54. The minimum absolute atomic E-state index is 0. The second kappa shape index (κ2) is 7.17. The Morgan fingerprint density at radius 1 is 1.00 bits per heavy atom. The quantitative estimate of drug-likeness (QED) is 0.671. The maximum absolute atomic E-state index is 11.8. The van der Waals surface area contributed by atoms with Gasteiger partial charge in [-0.1, -0.05) is 56.6 Å². The third kappa shape index (κ3) is 3.94. The van der Waals surface area contributed by atoms with Crippen molar-refractivity contribution in [3.63, 3.8) is 0 Å². The Balaban J connectivity index is 0.00000208. The summed E-state index contributed by atoms with van der Waals surface area (Å²) in [7, 11) is 0. The van der Waals surface area contributed by atoms with E-state index in [-0.39, 0.29) is 36.9 Å². The minimum atomic E-state index is -0.130. The van der Waals surface area contributed by atoms with E-state index in [4.69, 9.17) is 11.6 Å². The van der Waals surface area contributed by atoms with Crippen LogP contribution in [0.25, 0.3) is 16.9 Å². The van der Waals surface area contributed by atoms with Crippen LogP contribution in [-0.4, -0.2) is 32.8 Å². The van der Waals surface area contributed by atoms with Crippen molar-refractivity contribution in [2.45, 2.75) is 26.2 Å². The van der Waals surface area contributed by atoms with Crippen molar-refractivity contribution in [3.05, 3.63) is 75.5 Å². The molecular formula is C19H21ClMgN2O. The van der Waals surface area contributed by atoms with Crippen LogP contribution in [0.15, 0.2) is 59.4 Å². The molecule has 122 valence electrons. The van der Waals surface area contributed by atoms with E-state index in [1.54, 1.807) is 10.7 Å². The molecule has 3 rings (SSSR count). The van der Waals surface area contributed by atoms with Gasteiger partial charge in [0.15, 0.2) is 0 Å². The second-order valence-electron chi connectivity index (χ2n) is 6.64. The molecule has 0 aliphatic heterocycles. The Morgan fingerprint density at radius 3 is 2.12 bits per heavy atom. The molecule has 0 amide bonds. The topological polar surface area (TPSA) is 37.8 Å². The van der Waals surface area contributed by atoms with Gasteiger partial charge in [-0.3, -0.25) is 14.6 Å². The molecular weight excluding hydrogens is 332 g/mol. The molecule has 0 radical (unpaired) electrons. The molecule has 0 aliphatic rings. The number of aromatic amines is 1. The predicted octanol–water partition coefficient (Wildman–Crippen LogP) is 4.63. The molecule has 0 aliphatic carbocycles. The Labute approximate surface area is 165 Å². The van der Waals surface area contributed by atoms with Gasteiger partial charge in [-0.25, -0.2) is 0 Å². The molecule has 1 aromatic heterocycles. The van der Waals surface area contributed by atoms with Crippen LogP contribution in [0.2, 0.25) is 5.02 Å². The number of H-pyrrole nitrogens is 1. The zero-order valence-corrected chi connectivity index (χ0v) is 16.3. The summed E-state index contributed by atoms with van der Waals surface area (Å²) in [6, 6.07) is 17.3. The summed E-state index contributed by atoms with van der Waals surface area (Å²) in [4.78, 5) is 11.8. The number of halogens is 1. The summed E-state index contributed by atoms with van der Waals surface area (Å²) in [5.74, 6) is 0. The van der Waals surface area contributed by atoms with Crippen LogP contribution in [-0.2, 0) is 5.41 Å². The molecule has 0 spiro atoms. The number of aromatic nitrogens is 2. The molecule has 0 bridgehead atoms. The molecule has 5 heteroatoms. The first kappa shape index (κ1) is 18.8. The van der Waals surface area contributed by atoms with Gasteiger partial charge in [0.05, 0.1) is 11.4 Å². The van der Waals surface area contributed by atoms with Crippen molar-refractivity contribution in [2.75, 3.05) is 0 Å². The Kier molecular flexibility index (Phi) is 5.63. The minimum Gasteiger partial charge on any atom is -1.00 e. The summed E-state index contributed by atoms with van der Waals surface area (Å²) < 4.78 is 1.80. The summed E-state index contributed by atoms with van der Waals surface area (Å²) in [5, 5.41) is 3.53. The summed E-state index contributed by atoms with van der Waals surface area (Å²) >= 11 is 5.94. The van der Waals surface area contributed by atoms with E-state index in [9.17, 15) is 4.79 Å². The van der Waals surface area contributed by atoms with Crippen LogP contribution in [0.4, 0.5) is 0 Å². The van der Waals surface area contributed by atoms with Gasteiger partial charge in [0.1, 0.15) is 0 Å². The Bertz CT molecular complexity index is 882. The van der Waals surface area contributed by atoms with E-state index in [1.807, 2.05) is 36.4 Å². The molecule has 3 nitrogen and oxygen atoms in total. The van der Waals surface area contributed by atoms with Crippen LogP contribution >= 0.6 is 11.6 Å². The summed E-state index contributed by atoms with van der Waals surface area (Å²) in [5.41, 5.74) is 3.90. The fraction of sp³-hybridized carbons (Fsp3) is 0.211. The van der Waals surface area contributed by atoms with Gasteiger partial charge in [0.25, 0.3) is 5.56 Å². The normalized spacial score (nSPS) is 11.2. The molecule has 1 heterocycles. The zero-order chi connectivity index (χ0) is 16.6. The van der Waals surface area contributed by atoms with Gasteiger partial charge >= 0.3 is 23.1 Å². The molecule has 0 saturated carbocycles. The predicted molar refractivity (Wildman–Crippen MR) is 104 cm³/mol. The molecule has 0 atom stereocenters. The van der Waals surface area contributed by atoms with Crippen molar-refractivity contribution in [1.82, 2.24) is 9.78 Å². The third-order valence-electron chi connectivity index (χ3n) is 3.86. The van der Waals surface area contributed by atoms with Crippen molar-refractivity contribution < 1.29 is 2.85 Å². The van der Waals surface area contributed by atoms with Crippen molar-refractivity contribution in [2.24, 2.45) is 0 Å². The maximum Gasteiger partial charge on any atom is 2.00 e. The number of benzene rings is 2. The van der Waals surface area contributed by atoms with Crippen LogP contribution in [0.3, 0.4) is 0 Å². The van der Waals surface area contributed by atoms with Crippen molar-refractivity contribution in [3.8, 4) is 16.9 Å². The van der Waals surface area contributed by atoms with E-state index in [2.05, 4.69) is 38.0 Å². The van der Waals surface area contributed by atoms with E-state index in [0.29, 0.717) is 5.02 Å². The number of nitrogens with one attached hydrogen (secondary N) is 1. The van der Waals surface area contributed by atoms with E-state index >= 15 is 0 Å². The third-order valence-corrected chi connectivity index (χ3v) is 4.11. The molecule has 3 aromatic rings. The first-order valence-electron chi connectivity index (χ1n) is 7.53. The fourth-order valence-corrected chi connectivity index (χ4v) is 2.66. The number of hydrogen-bond acceptors (Lipinski definition) is 1. The average molecular weight is 353 g/mol. The molecule has 0 unspecified atom stereocenters. The van der Waals surface area contributed by atoms with Crippen molar-refractivity contribution in [1.29, 1.82) is 0 Å². The van der Waals surface area contributed by atoms with Crippen LogP contribution < -0.4 is 5.56 Å². The van der Waals surface area contributed by atoms with E-state index < -0.39 is 0 Å². The van der Waals surface area contributed by atoms with Gasteiger partial charge in [0, 0.05) is 16.7 Å². The monoisotopic (exact) mass is 352 g/mol. The van der Waals surface area contributed by atoms with Crippen LogP contribution in [0.5, 0.6) is 0 Å². The smallest absolute Gasteiger partial charge is 1.00 e. The number of nitrogens with zero attached hydrogens (tertiary/aromatic N) is 1. The fourth-order valence-electron chi connectivity index (χ4n) is 2.54. The van der Waals surface area contributed by atoms with Gasteiger partial charge in [-0.15, -0.1) is 0 Å². The van der Waals surface area contributed by atoms with E-state index in [0.717, 1.165) is 16.9 Å². The van der Waals surface area contributed by atoms with Crippen molar-refractivity contribution >= 4 is 34.7 Å². The first-order valence-corrected chi connectivity index (χ1v) is 7.91. The molecule has 2 aromatic carbocycles. The second-order valence-corrected chi connectivity index (χ2v) is 7.08. The van der Waals surface area contributed by atoms with Gasteiger partial charge in [-0.2, -0.15) is 0 Å². The Morgan fingerprint density at radius 2 is 1.58 bits per heavy atom. The van der Waals surface area contributed by atoms with Crippen LogP contribution in [0, 0.1) is 0 Å². The maximum atomic E-state index is 11.8. The van der Waals surface area contributed by atoms with Gasteiger partial charge in [-0.05, 0) is 35.2 Å². The van der Waals surface area contributed by atoms with Gasteiger partial charge < -0.3 is 2.85 Å². The Hall–Kier alpha value is -1.49.